The van der Waals surface area contributed by atoms with Gasteiger partial charge in [0.15, 0.2) is 0 Å². The molecule has 1 aromatic carbocycles. The normalized spacial score (nSPS) is 14.5. The van der Waals surface area contributed by atoms with E-state index in [1.54, 1.807) is 0 Å². The highest BCUT2D eigenvalue weighted by molar-refractivity contribution is 5.30. The van der Waals surface area contributed by atoms with Crippen molar-refractivity contribution in [3.63, 3.8) is 0 Å². The van der Waals surface area contributed by atoms with Gasteiger partial charge in [-0.2, -0.15) is 0 Å². The Morgan fingerprint density at radius 3 is 2.28 bits per heavy atom. The van der Waals surface area contributed by atoms with Gasteiger partial charge in [0.05, 0.1) is 25.4 Å². The Bertz CT molecular complexity index is 345. The minimum Gasteiger partial charge on any atom is -0.379 e. The summed E-state index contributed by atoms with van der Waals surface area (Å²) in [5, 5.41) is 0. The number of aryl methyl sites for hydroxylation is 2. The predicted molar refractivity (Wildman–Crippen MR) is 74.8 cm³/mol. The first kappa shape index (κ1) is 15.2. The van der Waals surface area contributed by atoms with Crippen molar-refractivity contribution >= 4 is 0 Å². The van der Waals surface area contributed by atoms with E-state index in [4.69, 9.17) is 15.2 Å². The van der Waals surface area contributed by atoms with Crippen molar-refractivity contribution in [2.75, 3.05) is 19.8 Å². The Hall–Kier alpha value is -0.900. The van der Waals surface area contributed by atoms with Gasteiger partial charge in [0.1, 0.15) is 0 Å². The van der Waals surface area contributed by atoms with Crippen molar-refractivity contribution in [2.45, 2.75) is 39.8 Å². The van der Waals surface area contributed by atoms with Crippen LogP contribution in [0.4, 0.5) is 0 Å². The average molecular weight is 251 g/mol. The van der Waals surface area contributed by atoms with Crippen molar-refractivity contribution in [1.82, 2.24) is 0 Å². The Morgan fingerprint density at radius 1 is 1.11 bits per heavy atom. The Kier molecular flexibility index (Phi) is 6.33. The van der Waals surface area contributed by atoms with E-state index in [1.807, 2.05) is 13.8 Å². The Morgan fingerprint density at radius 2 is 1.72 bits per heavy atom. The molecule has 0 saturated carbocycles. The highest BCUT2D eigenvalue weighted by atomic mass is 16.5. The van der Waals surface area contributed by atoms with Crippen LogP contribution in [0, 0.1) is 13.8 Å². The second-order valence-corrected chi connectivity index (χ2v) is 4.83. The zero-order valence-electron chi connectivity index (χ0n) is 11.9. The van der Waals surface area contributed by atoms with Crippen LogP contribution in [0.2, 0.25) is 0 Å². The summed E-state index contributed by atoms with van der Waals surface area (Å²) in [4.78, 5) is 0. The molecule has 1 aromatic rings. The second-order valence-electron chi connectivity index (χ2n) is 4.83. The van der Waals surface area contributed by atoms with E-state index in [9.17, 15) is 0 Å². The number of benzene rings is 1. The monoisotopic (exact) mass is 251 g/mol. The molecule has 1 rings (SSSR count). The SMILES string of the molecule is CCOCC(C)OCC(N)c1cc(C)cc(C)c1. The minimum absolute atomic E-state index is 0.0762. The van der Waals surface area contributed by atoms with E-state index in [1.165, 1.54) is 11.1 Å². The smallest absolute Gasteiger partial charge is 0.0781 e. The molecule has 0 heterocycles. The third kappa shape index (κ3) is 5.17. The summed E-state index contributed by atoms with van der Waals surface area (Å²) < 4.78 is 11.0. The lowest BCUT2D eigenvalue weighted by molar-refractivity contribution is -0.00836. The third-order valence-corrected chi connectivity index (χ3v) is 2.79. The molecule has 0 aliphatic rings. The maximum atomic E-state index is 6.14. The van der Waals surface area contributed by atoms with E-state index < -0.39 is 0 Å². The van der Waals surface area contributed by atoms with E-state index >= 15 is 0 Å². The summed E-state index contributed by atoms with van der Waals surface area (Å²) in [5.41, 5.74) is 9.76. The number of rotatable bonds is 7. The summed E-state index contributed by atoms with van der Waals surface area (Å²) >= 11 is 0. The van der Waals surface area contributed by atoms with Crippen LogP contribution in [0.1, 0.15) is 36.6 Å². The molecular formula is C15H25NO2. The summed E-state index contributed by atoms with van der Waals surface area (Å²) in [7, 11) is 0. The van der Waals surface area contributed by atoms with Gasteiger partial charge in [0.25, 0.3) is 0 Å². The predicted octanol–water partition coefficient (Wildman–Crippen LogP) is 2.74. The molecule has 0 spiro atoms. The molecule has 3 nitrogen and oxygen atoms in total. The fourth-order valence-corrected chi connectivity index (χ4v) is 1.92. The summed E-state index contributed by atoms with van der Waals surface area (Å²) in [6.45, 7) is 10.0. The van der Waals surface area contributed by atoms with Gasteiger partial charge in [-0.25, -0.2) is 0 Å². The molecule has 18 heavy (non-hydrogen) atoms. The molecule has 0 aliphatic heterocycles. The maximum Gasteiger partial charge on any atom is 0.0781 e. The van der Waals surface area contributed by atoms with Crippen molar-refractivity contribution in [2.24, 2.45) is 5.73 Å². The van der Waals surface area contributed by atoms with Gasteiger partial charge < -0.3 is 15.2 Å². The van der Waals surface area contributed by atoms with Gasteiger partial charge in [0, 0.05) is 6.61 Å². The van der Waals surface area contributed by atoms with Crippen LogP contribution < -0.4 is 5.73 Å². The van der Waals surface area contributed by atoms with Crippen molar-refractivity contribution in [3.05, 3.63) is 34.9 Å². The minimum atomic E-state index is -0.0762. The zero-order valence-corrected chi connectivity index (χ0v) is 11.9. The van der Waals surface area contributed by atoms with Crippen molar-refractivity contribution < 1.29 is 9.47 Å². The molecule has 0 amide bonds. The number of hydrogen-bond acceptors (Lipinski definition) is 3. The number of ether oxygens (including phenoxy) is 2. The average Bonchev–Trinajstić information content (AvgIpc) is 2.32. The van der Waals surface area contributed by atoms with Crippen LogP contribution in [0.15, 0.2) is 18.2 Å². The Balaban J connectivity index is 2.47. The van der Waals surface area contributed by atoms with E-state index in [2.05, 4.69) is 32.0 Å². The third-order valence-electron chi connectivity index (χ3n) is 2.79. The van der Waals surface area contributed by atoms with Crippen LogP contribution in [0.3, 0.4) is 0 Å². The van der Waals surface area contributed by atoms with E-state index in [-0.39, 0.29) is 12.1 Å². The van der Waals surface area contributed by atoms with Crippen LogP contribution >= 0.6 is 0 Å². The quantitative estimate of drug-likeness (QED) is 0.810. The molecule has 0 bridgehead atoms. The lowest BCUT2D eigenvalue weighted by atomic mass is 10.0. The highest BCUT2D eigenvalue weighted by Crippen LogP contribution is 2.16. The molecule has 0 aliphatic carbocycles. The summed E-state index contributed by atoms with van der Waals surface area (Å²) in [5.74, 6) is 0. The topological polar surface area (TPSA) is 44.5 Å². The van der Waals surface area contributed by atoms with Crippen LogP contribution in [-0.4, -0.2) is 25.9 Å². The van der Waals surface area contributed by atoms with E-state index in [0.717, 1.165) is 12.2 Å². The van der Waals surface area contributed by atoms with Crippen molar-refractivity contribution in [3.8, 4) is 0 Å². The second kappa shape index (κ2) is 7.52. The molecule has 2 N–H and O–H groups in total. The lowest BCUT2D eigenvalue weighted by Crippen LogP contribution is -2.23. The van der Waals surface area contributed by atoms with Crippen LogP contribution in [0.5, 0.6) is 0 Å². The fourth-order valence-electron chi connectivity index (χ4n) is 1.92. The molecule has 3 heteroatoms. The molecule has 102 valence electrons. The molecule has 0 saturated heterocycles. The molecule has 0 radical (unpaired) electrons. The highest BCUT2D eigenvalue weighted by Gasteiger charge is 2.10. The molecule has 2 atom stereocenters. The first-order valence-corrected chi connectivity index (χ1v) is 6.56. The molecule has 0 fully saturated rings. The van der Waals surface area contributed by atoms with Gasteiger partial charge in [-0.3, -0.25) is 0 Å². The molecule has 0 aromatic heterocycles. The van der Waals surface area contributed by atoms with Gasteiger partial charge >= 0.3 is 0 Å². The first-order valence-electron chi connectivity index (χ1n) is 6.56. The number of nitrogens with two attached hydrogens (primary N) is 1. The van der Waals surface area contributed by atoms with Crippen LogP contribution in [-0.2, 0) is 9.47 Å². The fraction of sp³-hybridized carbons (Fsp3) is 0.600. The van der Waals surface area contributed by atoms with Crippen LogP contribution in [0.25, 0.3) is 0 Å². The van der Waals surface area contributed by atoms with Gasteiger partial charge in [-0.15, -0.1) is 0 Å². The Labute approximate surface area is 110 Å². The zero-order chi connectivity index (χ0) is 13.5. The first-order chi connectivity index (χ1) is 8.52. The summed E-state index contributed by atoms with van der Waals surface area (Å²) in [6.07, 6.45) is 0.0851. The maximum absolute atomic E-state index is 6.14. The largest absolute Gasteiger partial charge is 0.379 e. The lowest BCUT2D eigenvalue weighted by Gasteiger charge is -2.18. The van der Waals surface area contributed by atoms with Crippen molar-refractivity contribution in [1.29, 1.82) is 0 Å². The standard InChI is InChI=1S/C15H25NO2/c1-5-17-9-13(4)18-10-15(16)14-7-11(2)6-12(3)8-14/h6-8,13,15H,5,9-10,16H2,1-4H3. The summed E-state index contributed by atoms with van der Waals surface area (Å²) in [6, 6.07) is 6.31. The van der Waals surface area contributed by atoms with Gasteiger partial charge in [-0.1, -0.05) is 29.3 Å². The number of hydrogen-bond donors (Lipinski definition) is 1. The molecular weight excluding hydrogens is 226 g/mol. The van der Waals surface area contributed by atoms with Gasteiger partial charge in [-0.05, 0) is 33.3 Å². The molecule has 2 unspecified atom stereocenters. The van der Waals surface area contributed by atoms with E-state index in [0.29, 0.717) is 13.2 Å². The van der Waals surface area contributed by atoms with Gasteiger partial charge in [0.2, 0.25) is 0 Å².